The fourth-order valence-corrected chi connectivity index (χ4v) is 7.31. The van der Waals surface area contributed by atoms with E-state index in [9.17, 15) is 0 Å². The largest absolute Gasteiger partial charge is 0.309 e. The molecule has 0 fully saturated rings. The third kappa shape index (κ3) is 4.48. The molecule has 0 aliphatic heterocycles. The highest BCUT2D eigenvalue weighted by molar-refractivity contribution is 6.17. The number of benzene rings is 7. The lowest BCUT2D eigenvalue weighted by Crippen LogP contribution is -1.95. The van der Waals surface area contributed by atoms with Crippen molar-refractivity contribution in [1.29, 1.82) is 0 Å². The Kier molecular flexibility index (Phi) is 6.11. The molecule has 5 heteroatoms. The van der Waals surface area contributed by atoms with Gasteiger partial charge in [-0.15, -0.1) is 0 Å². The van der Waals surface area contributed by atoms with Crippen LogP contribution in [-0.2, 0) is 0 Å². The molecule has 7 aromatic carbocycles. The molecule has 0 saturated carbocycles. The van der Waals surface area contributed by atoms with Crippen molar-refractivity contribution in [3.05, 3.63) is 164 Å². The molecule has 0 atom stereocenters. The van der Waals surface area contributed by atoms with Crippen molar-refractivity contribution in [2.75, 3.05) is 0 Å². The number of rotatable bonds is 4. The van der Waals surface area contributed by atoms with Crippen LogP contribution in [-0.4, -0.2) is 24.5 Å². The summed E-state index contributed by atoms with van der Waals surface area (Å²) in [6.07, 6.45) is 3.08. The monoisotopic (exact) mass is 625 g/mol. The van der Waals surface area contributed by atoms with Crippen molar-refractivity contribution in [2.24, 2.45) is 0 Å². The third-order valence-corrected chi connectivity index (χ3v) is 9.60. The quantitative estimate of drug-likeness (QED) is 0.183. The minimum Gasteiger partial charge on any atom is -0.309 e. The predicted octanol–water partition coefficient (Wildman–Crippen LogP) is 10.8. The van der Waals surface area contributed by atoms with E-state index < -0.39 is 0 Å². The molecule has 49 heavy (non-hydrogen) atoms. The smallest absolute Gasteiger partial charge is 0.162 e. The average Bonchev–Trinajstić information content (AvgIpc) is 3.51. The van der Waals surface area contributed by atoms with Gasteiger partial charge in [0.15, 0.2) is 5.82 Å². The van der Waals surface area contributed by atoms with Crippen LogP contribution in [0, 0.1) is 0 Å². The highest BCUT2D eigenvalue weighted by Crippen LogP contribution is 2.38. The van der Waals surface area contributed by atoms with E-state index in [0.717, 1.165) is 39.3 Å². The maximum absolute atomic E-state index is 5.31. The number of pyridine rings is 1. The normalized spacial score (nSPS) is 11.7. The minimum absolute atomic E-state index is 0.611. The van der Waals surface area contributed by atoms with Crippen LogP contribution in [0.2, 0.25) is 0 Å². The van der Waals surface area contributed by atoms with Gasteiger partial charge in [0.1, 0.15) is 12.7 Å². The standard InChI is InChI=1S/C44H27N5/c1-2-9-33(10-3-1)49-42-13-7-6-12-37(42)39-23-31(18-21-43(39)49)41-25-32(44-46-26-45-27-47-44)24-40(48-41)30-15-14-29-17-19-35-34-11-5-4-8-28(34)16-20-36(35)38(29)22-30/h1-27H. The maximum Gasteiger partial charge on any atom is 0.162 e. The van der Waals surface area contributed by atoms with Gasteiger partial charge in [0, 0.05) is 33.2 Å². The van der Waals surface area contributed by atoms with Gasteiger partial charge in [-0.2, -0.15) is 0 Å². The molecule has 0 unspecified atom stereocenters. The van der Waals surface area contributed by atoms with E-state index in [2.05, 4.69) is 171 Å². The lowest BCUT2D eigenvalue weighted by molar-refractivity contribution is 1.05. The molecular weight excluding hydrogens is 599 g/mol. The summed E-state index contributed by atoms with van der Waals surface area (Å²) in [5.41, 5.74) is 8.12. The molecule has 0 N–H and O–H groups in total. The number of aromatic nitrogens is 5. The molecule has 228 valence electrons. The zero-order valence-electron chi connectivity index (χ0n) is 26.3. The Morgan fingerprint density at radius 3 is 1.78 bits per heavy atom. The van der Waals surface area contributed by atoms with Crippen LogP contribution in [0.25, 0.3) is 93.7 Å². The first-order valence-corrected chi connectivity index (χ1v) is 16.4. The molecule has 0 radical (unpaired) electrons. The molecular formula is C44H27N5. The number of hydrogen-bond acceptors (Lipinski definition) is 4. The van der Waals surface area contributed by atoms with Gasteiger partial charge in [0.05, 0.1) is 22.4 Å². The lowest BCUT2D eigenvalue weighted by atomic mass is 9.95. The SMILES string of the molecule is c1ccc(-n2c3ccccc3c3cc(-c4cc(-c5ncncn5)cc(-c5ccc6ccc7c8ccccc8ccc7c6c5)n4)ccc32)cc1. The van der Waals surface area contributed by atoms with E-state index in [1.165, 1.54) is 48.6 Å². The molecule has 0 bridgehead atoms. The topological polar surface area (TPSA) is 56.5 Å². The summed E-state index contributed by atoms with van der Waals surface area (Å²) in [7, 11) is 0. The molecule has 5 nitrogen and oxygen atoms in total. The Bertz CT molecular complexity index is 2880. The highest BCUT2D eigenvalue weighted by Gasteiger charge is 2.16. The van der Waals surface area contributed by atoms with Crippen LogP contribution >= 0.6 is 0 Å². The van der Waals surface area contributed by atoms with E-state index in [4.69, 9.17) is 4.98 Å². The Morgan fingerprint density at radius 2 is 0.980 bits per heavy atom. The van der Waals surface area contributed by atoms with Gasteiger partial charge >= 0.3 is 0 Å². The third-order valence-electron chi connectivity index (χ3n) is 9.60. The summed E-state index contributed by atoms with van der Waals surface area (Å²) in [4.78, 5) is 18.4. The Balaban J connectivity index is 1.19. The Morgan fingerprint density at radius 1 is 0.388 bits per heavy atom. The van der Waals surface area contributed by atoms with Gasteiger partial charge in [-0.05, 0) is 80.8 Å². The number of nitrogens with zero attached hydrogens (tertiary/aromatic N) is 5. The van der Waals surface area contributed by atoms with Crippen molar-refractivity contribution in [2.45, 2.75) is 0 Å². The summed E-state index contributed by atoms with van der Waals surface area (Å²) in [5, 5.41) is 9.75. The van der Waals surface area contributed by atoms with Crippen molar-refractivity contribution in [3.8, 4) is 39.6 Å². The van der Waals surface area contributed by atoms with Gasteiger partial charge in [-0.3, -0.25) is 0 Å². The van der Waals surface area contributed by atoms with Crippen LogP contribution in [0.5, 0.6) is 0 Å². The van der Waals surface area contributed by atoms with E-state index in [0.29, 0.717) is 5.82 Å². The van der Waals surface area contributed by atoms with Gasteiger partial charge in [0.25, 0.3) is 0 Å². The van der Waals surface area contributed by atoms with Gasteiger partial charge in [-0.1, -0.05) is 103 Å². The van der Waals surface area contributed by atoms with Gasteiger partial charge in [0.2, 0.25) is 0 Å². The van der Waals surface area contributed by atoms with E-state index in [1.807, 2.05) is 0 Å². The molecule has 0 aliphatic carbocycles. The maximum atomic E-state index is 5.31. The summed E-state index contributed by atoms with van der Waals surface area (Å²) < 4.78 is 2.33. The van der Waals surface area contributed by atoms with Crippen LogP contribution in [0.1, 0.15) is 0 Å². The molecule has 0 amide bonds. The average molecular weight is 626 g/mol. The van der Waals surface area contributed by atoms with Crippen LogP contribution in [0.3, 0.4) is 0 Å². The van der Waals surface area contributed by atoms with Crippen molar-refractivity contribution in [1.82, 2.24) is 24.5 Å². The summed E-state index contributed by atoms with van der Waals surface area (Å²) in [6, 6.07) is 54.0. The molecule has 3 aromatic heterocycles. The molecule has 10 aromatic rings. The first-order chi connectivity index (χ1) is 24.3. The van der Waals surface area contributed by atoms with Crippen molar-refractivity contribution in [3.63, 3.8) is 0 Å². The summed E-state index contributed by atoms with van der Waals surface area (Å²) in [6.45, 7) is 0. The number of fused-ring (bicyclic) bond motifs is 8. The second-order valence-corrected chi connectivity index (χ2v) is 12.4. The van der Waals surface area contributed by atoms with Gasteiger partial charge < -0.3 is 4.57 Å². The zero-order valence-corrected chi connectivity index (χ0v) is 26.3. The van der Waals surface area contributed by atoms with Crippen molar-refractivity contribution >= 4 is 54.1 Å². The first kappa shape index (κ1) is 27.4. The van der Waals surface area contributed by atoms with Crippen molar-refractivity contribution < 1.29 is 0 Å². The van der Waals surface area contributed by atoms with Gasteiger partial charge in [-0.25, -0.2) is 19.9 Å². The van der Waals surface area contributed by atoms with Crippen LogP contribution in [0.15, 0.2) is 164 Å². The van der Waals surface area contributed by atoms with E-state index >= 15 is 0 Å². The van der Waals surface area contributed by atoms with E-state index in [-0.39, 0.29) is 0 Å². The molecule has 3 heterocycles. The molecule has 0 saturated heterocycles. The van der Waals surface area contributed by atoms with E-state index in [1.54, 1.807) is 12.7 Å². The molecule has 0 spiro atoms. The summed E-state index contributed by atoms with van der Waals surface area (Å²) in [5.74, 6) is 0.611. The summed E-state index contributed by atoms with van der Waals surface area (Å²) >= 11 is 0. The van der Waals surface area contributed by atoms with Crippen LogP contribution < -0.4 is 0 Å². The fourth-order valence-electron chi connectivity index (χ4n) is 7.31. The Labute approximate surface area is 281 Å². The fraction of sp³-hybridized carbons (Fsp3) is 0. The van der Waals surface area contributed by atoms with Crippen LogP contribution in [0.4, 0.5) is 0 Å². The molecule has 0 aliphatic rings. The minimum atomic E-state index is 0.611. The first-order valence-electron chi connectivity index (χ1n) is 16.4. The second-order valence-electron chi connectivity index (χ2n) is 12.4. The number of hydrogen-bond donors (Lipinski definition) is 0. The second kappa shape index (κ2) is 10.9. The zero-order chi connectivity index (χ0) is 32.3. The molecule has 10 rings (SSSR count). The predicted molar refractivity (Wildman–Crippen MR) is 201 cm³/mol. The highest BCUT2D eigenvalue weighted by atomic mass is 15.0. The lowest BCUT2D eigenvalue weighted by Gasteiger charge is -2.12. The Hall–Kier alpha value is -6.72. The number of para-hydroxylation sites is 2.